The van der Waals surface area contributed by atoms with Crippen LogP contribution in [0.3, 0.4) is 0 Å². The summed E-state index contributed by atoms with van der Waals surface area (Å²) >= 11 is 6.24. The average Bonchev–Trinajstić information content (AvgIpc) is 3.16. The number of aromatic nitrogens is 3. The fraction of sp³-hybridized carbons (Fsp3) is 0.273. The first kappa shape index (κ1) is 20.1. The number of rotatable bonds is 4. The Labute approximate surface area is 179 Å². The lowest BCUT2D eigenvalue weighted by atomic mass is 10.1. The van der Waals surface area contributed by atoms with Gasteiger partial charge in [-0.15, -0.1) is 5.10 Å². The van der Waals surface area contributed by atoms with E-state index in [0.717, 1.165) is 32.4 Å². The Kier molecular flexibility index (Phi) is 5.81. The number of carbonyl (C=O) groups is 2. The number of nitrogens with one attached hydrogen (secondary N) is 1. The lowest BCUT2D eigenvalue weighted by molar-refractivity contribution is 0.0724. The number of piperidine rings is 1. The molecule has 1 saturated heterocycles. The minimum absolute atomic E-state index is 0.0113. The molecule has 1 fully saturated rings. The number of carbonyl (C=O) groups excluding carboxylic acids is 2. The molecular formula is C22H22ClN5O2. The van der Waals surface area contributed by atoms with E-state index >= 15 is 0 Å². The zero-order chi connectivity index (χ0) is 21.1. The Morgan fingerprint density at radius 2 is 1.80 bits per heavy atom. The standard InChI is InChI=1S/C22H22ClN5O2/c1-15-24-20(26-28(15)19-11-4-3-10-18(19)23)21(29)25-17-9-7-8-16(14-17)22(30)27-12-5-2-6-13-27/h3-4,7-11,14H,2,5-6,12-13H2,1H3,(H,25,29). The molecule has 0 saturated carbocycles. The van der Waals surface area contributed by atoms with E-state index in [0.29, 0.717) is 27.8 Å². The molecule has 1 aromatic heterocycles. The van der Waals surface area contributed by atoms with Gasteiger partial charge in [-0.25, -0.2) is 9.67 Å². The summed E-state index contributed by atoms with van der Waals surface area (Å²) < 4.78 is 1.54. The third-order valence-electron chi connectivity index (χ3n) is 5.06. The smallest absolute Gasteiger partial charge is 0.295 e. The predicted octanol–water partition coefficient (Wildman–Crippen LogP) is 4.11. The zero-order valence-electron chi connectivity index (χ0n) is 16.6. The SMILES string of the molecule is Cc1nc(C(=O)Nc2cccc(C(=O)N3CCCCC3)c2)nn1-c1ccccc1Cl. The highest BCUT2D eigenvalue weighted by atomic mass is 35.5. The summed E-state index contributed by atoms with van der Waals surface area (Å²) in [5, 5.41) is 7.60. The maximum absolute atomic E-state index is 12.7. The van der Waals surface area contributed by atoms with Crippen LogP contribution >= 0.6 is 11.6 Å². The van der Waals surface area contributed by atoms with Crippen LogP contribution in [0.15, 0.2) is 48.5 Å². The molecule has 0 atom stereocenters. The van der Waals surface area contributed by atoms with Crippen LogP contribution in [-0.2, 0) is 0 Å². The summed E-state index contributed by atoms with van der Waals surface area (Å²) in [6, 6.07) is 14.2. The zero-order valence-corrected chi connectivity index (χ0v) is 17.4. The van der Waals surface area contributed by atoms with Crippen molar-refractivity contribution in [3.8, 4) is 5.69 Å². The van der Waals surface area contributed by atoms with Gasteiger partial charge in [0.2, 0.25) is 5.82 Å². The number of nitrogens with zero attached hydrogens (tertiary/aromatic N) is 4. The van der Waals surface area contributed by atoms with Crippen LogP contribution in [0.4, 0.5) is 5.69 Å². The Morgan fingerprint density at radius 1 is 1.03 bits per heavy atom. The number of amides is 2. The summed E-state index contributed by atoms with van der Waals surface area (Å²) in [5.41, 5.74) is 1.73. The van der Waals surface area contributed by atoms with Crippen molar-refractivity contribution < 1.29 is 9.59 Å². The highest BCUT2D eigenvalue weighted by Crippen LogP contribution is 2.21. The number of aryl methyl sites for hydroxylation is 1. The molecule has 0 spiro atoms. The molecule has 0 aliphatic carbocycles. The van der Waals surface area contributed by atoms with Gasteiger partial charge in [-0.2, -0.15) is 0 Å². The van der Waals surface area contributed by atoms with E-state index in [1.165, 1.54) is 4.68 Å². The van der Waals surface area contributed by atoms with Crippen LogP contribution in [0.25, 0.3) is 5.69 Å². The molecule has 154 valence electrons. The third kappa shape index (κ3) is 4.21. The molecule has 3 aromatic rings. The van der Waals surface area contributed by atoms with Crippen molar-refractivity contribution in [3.63, 3.8) is 0 Å². The van der Waals surface area contributed by atoms with Gasteiger partial charge < -0.3 is 10.2 Å². The molecule has 0 radical (unpaired) electrons. The van der Waals surface area contributed by atoms with Gasteiger partial charge in [-0.1, -0.05) is 29.8 Å². The van der Waals surface area contributed by atoms with Crippen molar-refractivity contribution in [1.29, 1.82) is 0 Å². The van der Waals surface area contributed by atoms with E-state index in [9.17, 15) is 9.59 Å². The van der Waals surface area contributed by atoms with Gasteiger partial charge in [0.15, 0.2) is 0 Å². The quantitative estimate of drug-likeness (QED) is 0.684. The molecule has 2 aromatic carbocycles. The fourth-order valence-electron chi connectivity index (χ4n) is 3.53. The van der Waals surface area contributed by atoms with E-state index in [4.69, 9.17) is 11.6 Å². The third-order valence-corrected chi connectivity index (χ3v) is 5.38. The van der Waals surface area contributed by atoms with Crippen molar-refractivity contribution in [2.24, 2.45) is 0 Å². The largest absolute Gasteiger partial charge is 0.339 e. The molecule has 0 unspecified atom stereocenters. The molecule has 4 rings (SSSR count). The van der Waals surface area contributed by atoms with E-state index in [1.807, 2.05) is 17.0 Å². The molecule has 0 bridgehead atoms. The second kappa shape index (κ2) is 8.67. The maximum Gasteiger partial charge on any atom is 0.295 e. The first-order valence-electron chi connectivity index (χ1n) is 9.92. The lowest BCUT2D eigenvalue weighted by Crippen LogP contribution is -2.35. The molecule has 2 heterocycles. The summed E-state index contributed by atoms with van der Waals surface area (Å²) in [7, 11) is 0. The number of likely N-dealkylation sites (tertiary alicyclic amines) is 1. The van der Waals surface area contributed by atoms with Crippen molar-refractivity contribution >= 4 is 29.1 Å². The highest BCUT2D eigenvalue weighted by molar-refractivity contribution is 6.32. The molecular weight excluding hydrogens is 402 g/mol. The molecule has 7 nitrogen and oxygen atoms in total. The van der Waals surface area contributed by atoms with Crippen LogP contribution in [0.1, 0.15) is 46.1 Å². The van der Waals surface area contributed by atoms with Gasteiger partial charge in [0, 0.05) is 24.3 Å². The Bertz CT molecular complexity index is 1090. The van der Waals surface area contributed by atoms with Gasteiger partial charge in [0.1, 0.15) is 5.82 Å². The van der Waals surface area contributed by atoms with Crippen LogP contribution in [0.2, 0.25) is 5.02 Å². The Hall–Kier alpha value is -3.19. The monoisotopic (exact) mass is 423 g/mol. The van der Waals surface area contributed by atoms with Crippen molar-refractivity contribution in [2.75, 3.05) is 18.4 Å². The molecule has 30 heavy (non-hydrogen) atoms. The topological polar surface area (TPSA) is 80.1 Å². The van der Waals surface area contributed by atoms with Gasteiger partial charge in [0.05, 0.1) is 10.7 Å². The minimum Gasteiger partial charge on any atom is -0.339 e. The van der Waals surface area contributed by atoms with Gasteiger partial charge in [-0.05, 0) is 56.5 Å². The van der Waals surface area contributed by atoms with Crippen molar-refractivity contribution in [2.45, 2.75) is 26.2 Å². The Balaban J connectivity index is 1.51. The van der Waals surface area contributed by atoms with Crippen molar-refractivity contribution in [3.05, 3.63) is 70.8 Å². The van der Waals surface area contributed by atoms with Gasteiger partial charge in [0.25, 0.3) is 11.8 Å². The number of halogens is 1. The highest BCUT2D eigenvalue weighted by Gasteiger charge is 2.20. The first-order valence-corrected chi connectivity index (χ1v) is 10.3. The number of hydrogen-bond donors (Lipinski definition) is 1. The number of anilines is 1. The van der Waals surface area contributed by atoms with Gasteiger partial charge >= 0.3 is 0 Å². The molecule has 1 N–H and O–H groups in total. The second-order valence-corrected chi connectivity index (χ2v) is 7.64. The van der Waals surface area contributed by atoms with Gasteiger partial charge in [-0.3, -0.25) is 9.59 Å². The summed E-state index contributed by atoms with van der Waals surface area (Å²) in [6.07, 6.45) is 3.22. The predicted molar refractivity (Wildman–Crippen MR) is 115 cm³/mol. The van der Waals surface area contributed by atoms with Crippen LogP contribution in [-0.4, -0.2) is 44.6 Å². The average molecular weight is 424 g/mol. The normalized spacial score (nSPS) is 13.9. The van der Waals surface area contributed by atoms with Crippen LogP contribution in [0.5, 0.6) is 0 Å². The number of hydrogen-bond acceptors (Lipinski definition) is 4. The summed E-state index contributed by atoms with van der Waals surface area (Å²) in [4.78, 5) is 31.5. The first-order chi connectivity index (χ1) is 14.5. The molecule has 8 heteroatoms. The maximum atomic E-state index is 12.7. The minimum atomic E-state index is -0.452. The van der Waals surface area contributed by atoms with E-state index in [2.05, 4.69) is 15.4 Å². The molecule has 2 amide bonds. The van der Waals surface area contributed by atoms with E-state index < -0.39 is 5.91 Å². The summed E-state index contributed by atoms with van der Waals surface area (Å²) in [6.45, 7) is 3.31. The summed E-state index contributed by atoms with van der Waals surface area (Å²) in [5.74, 6) is 0.108. The lowest BCUT2D eigenvalue weighted by Gasteiger charge is -2.26. The van der Waals surface area contributed by atoms with E-state index in [-0.39, 0.29) is 11.7 Å². The molecule has 1 aliphatic rings. The fourth-order valence-corrected chi connectivity index (χ4v) is 3.75. The van der Waals surface area contributed by atoms with Crippen LogP contribution < -0.4 is 5.32 Å². The Morgan fingerprint density at radius 3 is 2.57 bits per heavy atom. The number of benzene rings is 2. The molecule has 1 aliphatic heterocycles. The second-order valence-electron chi connectivity index (χ2n) is 7.23. The van der Waals surface area contributed by atoms with Crippen LogP contribution in [0, 0.1) is 6.92 Å². The van der Waals surface area contributed by atoms with Crippen molar-refractivity contribution in [1.82, 2.24) is 19.7 Å². The number of para-hydroxylation sites is 1. The van der Waals surface area contributed by atoms with E-state index in [1.54, 1.807) is 43.3 Å².